The van der Waals surface area contributed by atoms with Crippen LogP contribution in [0.5, 0.6) is 0 Å². The van der Waals surface area contributed by atoms with Crippen molar-refractivity contribution in [2.45, 2.75) is 26.9 Å². The lowest BCUT2D eigenvalue weighted by Crippen LogP contribution is -2.35. The Morgan fingerprint density at radius 2 is 2.10 bits per heavy atom. The third kappa shape index (κ3) is 2.99. The number of imidazole rings is 1. The average molecular weight is 274 g/mol. The Bertz CT molecular complexity index is 591. The summed E-state index contributed by atoms with van der Waals surface area (Å²) in [6.07, 6.45) is 0. The zero-order valence-electron chi connectivity index (χ0n) is 12.4. The van der Waals surface area contributed by atoms with Crippen molar-refractivity contribution in [1.29, 1.82) is 0 Å². The fraction of sp³-hybridized carbons (Fsp3) is 0.467. The molecule has 5 nitrogen and oxygen atoms in total. The number of likely N-dealkylation sites (N-methyl/N-ethyl adjacent to an activating group) is 1. The van der Waals surface area contributed by atoms with E-state index in [1.54, 1.807) is 4.90 Å². The number of aryl methyl sites for hydroxylation is 1. The summed E-state index contributed by atoms with van der Waals surface area (Å²) in [5.41, 5.74) is 2.15. The summed E-state index contributed by atoms with van der Waals surface area (Å²) in [6.45, 7) is 6.62. The van der Waals surface area contributed by atoms with E-state index < -0.39 is 0 Å². The summed E-state index contributed by atoms with van der Waals surface area (Å²) >= 11 is 0. The first-order valence-electron chi connectivity index (χ1n) is 7.06. The molecule has 0 atom stereocenters. The molecule has 1 N–H and O–H groups in total. The van der Waals surface area contributed by atoms with Gasteiger partial charge in [0.1, 0.15) is 5.82 Å². The molecule has 5 heteroatoms. The van der Waals surface area contributed by atoms with Gasteiger partial charge in [-0.1, -0.05) is 12.1 Å². The maximum Gasteiger partial charge on any atom is 0.236 e. The van der Waals surface area contributed by atoms with E-state index in [1.807, 2.05) is 32.2 Å². The maximum atomic E-state index is 11.7. The number of hydrogen-bond donors (Lipinski definition) is 1. The average Bonchev–Trinajstić information content (AvgIpc) is 2.83. The molecule has 0 aliphatic carbocycles. The second-order valence-corrected chi connectivity index (χ2v) is 4.77. The number of rotatable bonds is 6. The van der Waals surface area contributed by atoms with E-state index >= 15 is 0 Å². The van der Waals surface area contributed by atoms with Crippen molar-refractivity contribution in [2.75, 3.05) is 20.1 Å². The van der Waals surface area contributed by atoms with Crippen LogP contribution in [-0.2, 0) is 17.9 Å². The molecule has 0 spiro atoms. The molecule has 0 unspecified atom stereocenters. The highest BCUT2D eigenvalue weighted by atomic mass is 16.2. The smallest absolute Gasteiger partial charge is 0.236 e. The van der Waals surface area contributed by atoms with Gasteiger partial charge in [-0.25, -0.2) is 4.98 Å². The highest BCUT2D eigenvalue weighted by Gasteiger charge is 2.10. The molecule has 0 saturated carbocycles. The fourth-order valence-electron chi connectivity index (χ4n) is 2.21. The minimum Gasteiger partial charge on any atom is -0.345 e. The molecular formula is C15H22N4O. The lowest BCUT2D eigenvalue weighted by Gasteiger charge is -2.14. The molecule has 0 fully saturated rings. The quantitative estimate of drug-likeness (QED) is 0.871. The van der Waals surface area contributed by atoms with Crippen molar-refractivity contribution in [3.05, 3.63) is 30.1 Å². The number of nitrogens with one attached hydrogen (secondary N) is 1. The summed E-state index contributed by atoms with van der Waals surface area (Å²) in [7, 11) is 1.81. The van der Waals surface area contributed by atoms with Crippen molar-refractivity contribution >= 4 is 16.9 Å². The van der Waals surface area contributed by atoms with Gasteiger partial charge < -0.3 is 14.8 Å². The lowest BCUT2D eigenvalue weighted by atomic mass is 10.3. The number of amides is 1. The van der Waals surface area contributed by atoms with Gasteiger partial charge in [0.2, 0.25) is 5.91 Å². The van der Waals surface area contributed by atoms with E-state index in [2.05, 4.69) is 27.9 Å². The largest absolute Gasteiger partial charge is 0.345 e. The number of aromatic nitrogens is 2. The van der Waals surface area contributed by atoms with E-state index in [1.165, 1.54) is 0 Å². The predicted molar refractivity (Wildman–Crippen MR) is 80.4 cm³/mol. The summed E-state index contributed by atoms with van der Waals surface area (Å²) in [4.78, 5) is 18.1. The first-order valence-corrected chi connectivity index (χ1v) is 7.06. The van der Waals surface area contributed by atoms with Crippen LogP contribution in [0.3, 0.4) is 0 Å². The number of carbonyl (C=O) groups excluding carboxylic acids is 1. The molecule has 0 saturated heterocycles. The second-order valence-electron chi connectivity index (χ2n) is 4.77. The number of hydrogen-bond acceptors (Lipinski definition) is 3. The molecule has 1 aromatic carbocycles. The molecule has 0 bridgehead atoms. The van der Waals surface area contributed by atoms with Crippen LogP contribution >= 0.6 is 0 Å². The summed E-state index contributed by atoms with van der Waals surface area (Å²) in [5, 5.41) is 3.18. The van der Waals surface area contributed by atoms with Crippen LogP contribution in [0.4, 0.5) is 0 Å². The minimum atomic E-state index is 0.103. The Morgan fingerprint density at radius 1 is 1.35 bits per heavy atom. The zero-order chi connectivity index (χ0) is 14.5. The van der Waals surface area contributed by atoms with Gasteiger partial charge in [-0.05, 0) is 26.0 Å². The number of benzene rings is 1. The van der Waals surface area contributed by atoms with E-state index in [0.29, 0.717) is 13.1 Å². The molecular weight excluding hydrogens is 252 g/mol. The van der Waals surface area contributed by atoms with Crippen molar-refractivity contribution in [3.8, 4) is 0 Å². The van der Waals surface area contributed by atoms with E-state index in [-0.39, 0.29) is 5.91 Å². The van der Waals surface area contributed by atoms with Crippen LogP contribution in [0.2, 0.25) is 0 Å². The van der Waals surface area contributed by atoms with Gasteiger partial charge in [-0.15, -0.1) is 0 Å². The molecule has 2 rings (SSSR count). The standard InChI is InChI=1S/C15H22N4O/c1-4-18(3)15(20)11-16-10-14-17-12-8-6-7-9-13(12)19(14)5-2/h6-9,16H,4-5,10-11H2,1-3H3. The molecule has 1 heterocycles. The van der Waals surface area contributed by atoms with Crippen LogP contribution in [0.1, 0.15) is 19.7 Å². The number of para-hydroxylation sites is 2. The van der Waals surface area contributed by atoms with Crippen LogP contribution in [0.25, 0.3) is 11.0 Å². The third-order valence-electron chi connectivity index (χ3n) is 3.51. The Labute approximate surface area is 119 Å². The lowest BCUT2D eigenvalue weighted by molar-refractivity contribution is -0.128. The normalized spacial score (nSPS) is 10.9. The summed E-state index contributed by atoms with van der Waals surface area (Å²) < 4.78 is 2.18. The van der Waals surface area contributed by atoms with Crippen molar-refractivity contribution < 1.29 is 4.79 Å². The van der Waals surface area contributed by atoms with E-state index in [4.69, 9.17) is 0 Å². The minimum absolute atomic E-state index is 0.103. The molecule has 0 radical (unpaired) electrons. The Morgan fingerprint density at radius 3 is 2.80 bits per heavy atom. The van der Waals surface area contributed by atoms with Gasteiger partial charge in [0.05, 0.1) is 24.1 Å². The van der Waals surface area contributed by atoms with Gasteiger partial charge in [-0.2, -0.15) is 0 Å². The Kier molecular flexibility index (Phi) is 4.74. The van der Waals surface area contributed by atoms with Crippen LogP contribution < -0.4 is 5.32 Å². The molecule has 0 aliphatic rings. The van der Waals surface area contributed by atoms with E-state index in [0.717, 1.165) is 29.9 Å². The first-order chi connectivity index (χ1) is 9.67. The van der Waals surface area contributed by atoms with Gasteiger partial charge >= 0.3 is 0 Å². The monoisotopic (exact) mass is 274 g/mol. The molecule has 20 heavy (non-hydrogen) atoms. The van der Waals surface area contributed by atoms with Gasteiger partial charge in [0.25, 0.3) is 0 Å². The third-order valence-corrected chi connectivity index (χ3v) is 3.51. The summed E-state index contributed by atoms with van der Waals surface area (Å²) in [5.74, 6) is 1.08. The van der Waals surface area contributed by atoms with Crippen molar-refractivity contribution in [3.63, 3.8) is 0 Å². The van der Waals surface area contributed by atoms with Crippen LogP contribution in [0.15, 0.2) is 24.3 Å². The molecule has 2 aromatic rings. The van der Waals surface area contributed by atoms with Gasteiger partial charge in [0, 0.05) is 20.1 Å². The predicted octanol–water partition coefficient (Wildman–Crippen LogP) is 1.62. The maximum absolute atomic E-state index is 11.7. The van der Waals surface area contributed by atoms with Crippen molar-refractivity contribution in [2.24, 2.45) is 0 Å². The first kappa shape index (κ1) is 14.5. The van der Waals surface area contributed by atoms with Crippen LogP contribution in [-0.4, -0.2) is 40.5 Å². The van der Waals surface area contributed by atoms with Crippen LogP contribution in [0, 0.1) is 0 Å². The SMILES string of the molecule is CCN(C)C(=O)CNCc1nc2ccccc2n1CC. The number of carbonyl (C=O) groups is 1. The highest BCUT2D eigenvalue weighted by molar-refractivity contribution is 5.78. The molecule has 1 aromatic heterocycles. The summed E-state index contributed by atoms with van der Waals surface area (Å²) in [6, 6.07) is 8.10. The molecule has 108 valence electrons. The second kappa shape index (κ2) is 6.52. The van der Waals surface area contributed by atoms with Crippen molar-refractivity contribution in [1.82, 2.24) is 19.8 Å². The zero-order valence-corrected chi connectivity index (χ0v) is 12.4. The highest BCUT2D eigenvalue weighted by Crippen LogP contribution is 2.15. The molecule has 1 amide bonds. The van der Waals surface area contributed by atoms with Gasteiger partial charge in [0.15, 0.2) is 0 Å². The van der Waals surface area contributed by atoms with Gasteiger partial charge in [-0.3, -0.25) is 4.79 Å². The topological polar surface area (TPSA) is 50.2 Å². The Hall–Kier alpha value is -1.88. The molecule has 0 aliphatic heterocycles. The Balaban J connectivity index is 2.05. The number of nitrogens with zero attached hydrogens (tertiary/aromatic N) is 3. The number of fused-ring (bicyclic) bond motifs is 1. The van der Waals surface area contributed by atoms with E-state index in [9.17, 15) is 4.79 Å². The fourth-order valence-corrected chi connectivity index (χ4v) is 2.21.